The molecule has 0 atom stereocenters. The first kappa shape index (κ1) is 46.8. The summed E-state index contributed by atoms with van der Waals surface area (Å²) in [7, 11) is 11.0. The normalized spacial score (nSPS) is 15.2. The molecule has 2 aliphatic carbocycles. The van der Waals surface area contributed by atoms with E-state index in [1.807, 2.05) is 0 Å². The van der Waals surface area contributed by atoms with Crippen LogP contribution in [0, 0.1) is 38.5 Å². The van der Waals surface area contributed by atoms with Crippen LogP contribution in [0.4, 0.5) is 0 Å². The number of hydrogen-bond donors (Lipinski definition) is 0. The maximum atomic E-state index is 4.93. The molecule has 0 N–H and O–H groups in total. The van der Waals surface area contributed by atoms with Crippen molar-refractivity contribution >= 4 is 48.1 Å². The third kappa shape index (κ3) is 12.4. The van der Waals surface area contributed by atoms with Gasteiger partial charge in [-0.2, -0.15) is 12.1 Å². The Morgan fingerprint density at radius 1 is 0.552 bits per heavy atom. The minimum absolute atomic E-state index is 0.569. The molecule has 2 aliphatic rings. The van der Waals surface area contributed by atoms with E-state index in [1.165, 1.54) is 156 Å². The Bertz CT molecular complexity index is 1980. The Labute approximate surface area is 374 Å². The van der Waals surface area contributed by atoms with E-state index in [0.29, 0.717) is 10.8 Å². The molecule has 306 valence electrons. The molecule has 2 saturated carbocycles. The van der Waals surface area contributed by atoms with E-state index in [9.17, 15) is 0 Å². The fourth-order valence-electron chi connectivity index (χ4n) is 10.8. The first-order valence-corrected chi connectivity index (χ1v) is 30.4. The molecule has 0 unspecified atom stereocenters. The van der Waals surface area contributed by atoms with Crippen molar-refractivity contribution in [2.75, 3.05) is 0 Å². The van der Waals surface area contributed by atoms with Crippen LogP contribution in [0.2, 0.25) is 13.1 Å². The van der Waals surface area contributed by atoms with Crippen LogP contribution in [0.15, 0.2) is 97.1 Å². The van der Waals surface area contributed by atoms with E-state index in [0.717, 1.165) is 9.52 Å². The van der Waals surface area contributed by atoms with Gasteiger partial charge in [-0.3, -0.25) is 0 Å². The zero-order chi connectivity index (χ0) is 41.7. The predicted octanol–water partition coefficient (Wildman–Crippen LogP) is 17.7. The van der Waals surface area contributed by atoms with Crippen LogP contribution < -0.4 is 0 Å². The third-order valence-electron chi connectivity index (χ3n) is 12.7. The van der Waals surface area contributed by atoms with E-state index < -0.39 is 20.8 Å². The first-order valence-electron chi connectivity index (χ1n) is 22.1. The number of halogens is 2. The van der Waals surface area contributed by atoms with Gasteiger partial charge in [-0.25, -0.2) is 0 Å². The third-order valence-corrected chi connectivity index (χ3v) is 12.7. The maximum absolute atomic E-state index is 4.93. The molecular weight excluding hydrogens is 839 g/mol. The fourth-order valence-corrected chi connectivity index (χ4v) is 10.8. The Morgan fingerprint density at radius 2 is 0.879 bits per heavy atom. The van der Waals surface area contributed by atoms with Crippen molar-refractivity contribution in [3.8, 4) is 22.3 Å². The summed E-state index contributed by atoms with van der Waals surface area (Å²) < 4.78 is 0. The summed E-state index contributed by atoms with van der Waals surface area (Å²) in [6, 6.07) is 37.3. The topological polar surface area (TPSA) is 0 Å². The molecule has 0 amide bonds. The molecule has 0 aromatic heterocycles. The zero-order valence-corrected chi connectivity index (χ0v) is 41.9. The summed E-state index contributed by atoms with van der Waals surface area (Å²) in [5.41, 5.74) is 15.1. The van der Waals surface area contributed by atoms with Crippen LogP contribution in [0.3, 0.4) is 0 Å². The standard InChI is InChI=1S/2C26H31.C2H6Si.2ClH.Zr/c2*1-4-10-26(11-5-6-12-26)18-21-16-22-8-7-9-24(25(22)17-21)23-14-19(2)13-20(3)15-23;1-3-2;;;/h2*7-9,13-17H,4-6,10-12,18H2,1-3H3;1-2H3;2*1H;/q2*-1;;;;+4/p-2. The van der Waals surface area contributed by atoms with Crippen molar-refractivity contribution < 1.29 is 20.8 Å². The molecule has 6 aromatic carbocycles. The van der Waals surface area contributed by atoms with Crippen molar-refractivity contribution in [1.82, 2.24) is 0 Å². The Kier molecular flexibility index (Phi) is 18.2. The molecule has 6 aromatic rings. The zero-order valence-electron chi connectivity index (χ0n) is 36.9. The molecule has 0 spiro atoms. The van der Waals surface area contributed by atoms with E-state index in [-0.39, 0.29) is 0 Å². The van der Waals surface area contributed by atoms with Gasteiger partial charge in [0.2, 0.25) is 0 Å². The molecule has 8 rings (SSSR count). The van der Waals surface area contributed by atoms with Gasteiger partial charge in [0.15, 0.2) is 0 Å². The molecular formula is C54H68Cl2SiZr. The second-order valence-electron chi connectivity index (χ2n) is 17.9. The van der Waals surface area contributed by atoms with E-state index in [2.05, 4.69) is 152 Å². The molecule has 0 saturated heterocycles. The van der Waals surface area contributed by atoms with Crippen LogP contribution >= 0.6 is 17.0 Å². The van der Waals surface area contributed by atoms with Gasteiger partial charge < -0.3 is 0 Å². The van der Waals surface area contributed by atoms with Crippen molar-refractivity contribution in [2.24, 2.45) is 10.8 Å². The van der Waals surface area contributed by atoms with Gasteiger partial charge in [0.25, 0.3) is 0 Å². The predicted molar refractivity (Wildman–Crippen MR) is 257 cm³/mol. The van der Waals surface area contributed by atoms with Crippen LogP contribution in [-0.2, 0) is 33.7 Å². The minimum atomic E-state index is -0.826. The van der Waals surface area contributed by atoms with E-state index >= 15 is 0 Å². The second kappa shape index (κ2) is 22.6. The van der Waals surface area contributed by atoms with Crippen molar-refractivity contribution in [3.63, 3.8) is 0 Å². The second-order valence-corrected chi connectivity index (χ2v) is 22.7. The molecule has 0 nitrogen and oxygen atoms in total. The van der Waals surface area contributed by atoms with E-state index in [1.54, 1.807) is 11.1 Å². The van der Waals surface area contributed by atoms with Gasteiger partial charge in [-0.1, -0.05) is 147 Å². The van der Waals surface area contributed by atoms with E-state index in [4.69, 9.17) is 17.0 Å². The fraction of sp³-hybridized carbons (Fsp3) is 0.444. The Hall–Kier alpha value is -2.22. The summed E-state index contributed by atoms with van der Waals surface area (Å²) in [6.45, 7) is 17.8. The number of benzene rings is 4. The summed E-state index contributed by atoms with van der Waals surface area (Å²) in [6.07, 6.45) is 19.3. The van der Waals surface area contributed by atoms with Crippen LogP contribution in [0.1, 0.15) is 124 Å². The molecule has 2 fully saturated rings. The summed E-state index contributed by atoms with van der Waals surface area (Å²) >= 11 is -0.826. The molecule has 4 heteroatoms. The summed E-state index contributed by atoms with van der Waals surface area (Å²) in [5.74, 6) is 0. The van der Waals surface area contributed by atoms with Crippen LogP contribution in [-0.4, -0.2) is 9.52 Å². The van der Waals surface area contributed by atoms with Crippen molar-refractivity contribution in [1.29, 1.82) is 0 Å². The van der Waals surface area contributed by atoms with Gasteiger partial charge >= 0.3 is 37.9 Å². The number of hydrogen-bond acceptors (Lipinski definition) is 0. The Morgan fingerprint density at radius 3 is 1.19 bits per heavy atom. The monoisotopic (exact) mass is 904 g/mol. The summed E-state index contributed by atoms with van der Waals surface area (Å²) in [5, 5.41) is 5.66. The van der Waals surface area contributed by atoms with Gasteiger partial charge in [0, 0.05) is 9.52 Å². The van der Waals surface area contributed by atoms with Gasteiger partial charge in [0.1, 0.15) is 0 Å². The molecule has 0 heterocycles. The average Bonchev–Trinajstić information content (AvgIpc) is 3.99. The number of fused-ring (bicyclic) bond motifs is 2. The molecule has 58 heavy (non-hydrogen) atoms. The molecule has 0 bridgehead atoms. The van der Waals surface area contributed by atoms with Crippen molar-refractivity contribution in [3.05, 3.63) is 130 Å². The van der Waals surface area contributed by atoms with Gasteiger partial charge in [0.05, 0.1) is 0 Å². The van der Waals surface area contributed by atoms with Crippen LogP contribution in [0.25, 0.3) is 43.8 Å². The number of rotatable bonds is 10. The first-order chi connectivity index (χ1) is 28.0. The van der Waals surface area contributed by atoms with Crippen molar-refractivity contribution in [2.45, 2.75) is 145 Å². The van der Waals surface area contributed by atoms with Gasteiger partial charge in [-0.05, 0) is 101 Å². The molecule has 2 radical (unpaired) electrons. The summed E-state index contributed by atoms with van der Waals surface area (Å²) in [4.78, 5) is 0. The SMILES string of the molecule is CCCC1(Cc2cc3c(-c4cc(C)cc(C)c4)cccc3[cH-]2)CCCC1.CCCC1(Cc2cc3c(-c4cc(C)cc(C)c4)cccc3[cH-]2)CCCC1.C[Si]C.[Cl][Zr+2][Cl]. The van der Waals surface area contributed by atoms with Crippen LogP contribution in [0.5, 0.6) is 0 Å². The quantitative estimate of drug-likeness (QED) is 0.0949. The van der Waals surface area contributed by atoms with Gasteiger partial charge in [-0.15, -0.1) is 69.1 Å². The number of aryl methyl sites for hydroxylation is 4. The Balaban J connectivity index is 0.000000195. The molecule has 0 aliphatic heterocycles. The average molecular weight is 907 g/mol.